The predicted octanol–water partition coefficient (Wildman–Crippen LogP) is 4.42. The van der Waals surface area contributed by atoms with Crippen molar-refractivity contribution in [3.05, 3.63) is 101 Å². The van der Waals surface area contributed by atoms with E-state index in [1.165, 1.54) is 15.6 Å². The molecule has 0 saturated carbocycles. The summed E-state index contributed by atoms with van der Waals surface area (Å²) in [6, 6.07) is 15.5. The van der Waals surface area contributed by atoms with Gasteiger partial charge in [0.05, 0.1) is 18.8 Å². The summed E-state index contributed by atoms with van der Waals surface area (Å²) in [5, 5.41) is 15.8. The van der Waals surface area contributed by atoms with Crippen LogP contribution in [0.5, 0.6) is 0 Å². The van der Waals surface area contributed by atoms with Crippen molar-refractivity contribution < 1.29 is 23.1 Å². The third kappa shape index (κ3) is 5.75. The van der Waals surface area contributed by atoms with Crippen LogP contribution in [0, 0.1) is 6.92 Å². The minimum atomic E-state index is -4.62. The highest BCUT2D eigenvalue weighted by Crippen LogP contribution is 2.30. The molecule has 190 valence electrons. The molecule has 0 amide bonds. The van der Waals surface area contributed by atoms with Crippen LogP contribution in [0.4, 0.5) is 13.2 Å². The molecule has 0 saturated heterocycles. The van der Waals surface area contributed by atoms with Gasteiger partial charge in [-0.25, -0.2) is 4.98 Å². The Bertz CT molecular complexity index is 1470. The molecule has 0 spiro atoms. The Labute approximate surface area is 211 Å². The van der Waals surface area contributed by atoms with E-state index in [2.05, 4.69) is 15.1 Å². The second kappa shape index (κ2) is 10.8. The Morgan fingerprint density at radius 3 is 2.35 bits per heavy atom. The van der Waals surface area contributed by atoms with E-state index < -0.39 is 18.5 Å². The average Bonchev–Trinajstić information content (AvgIpc) is 2.89. The van der Waals surface area contributed by atoms with E-state index in [4.69, 9.17) is 0 Å². The number of benzene rings is 1. The zero-order valence-corrected chi connectivity index (χ0v) is 20.1. The standard InChI is InChI=1S/C27H24F3N5O2/c1-18-3-5-19(6-4-18)22-11-14-35(17-37)26(25(22)20-9-12-31-13-10-20)33-34(2)15-21-7-8-24(27(28,29)30)32-23(21)16-36/h3-14,17,36H,15-16H2,1-2H3/b33-26-. The number of hydrogen-bond donors (Lipinski definition) is 1. The molecule has 0 atom stereocenters. The van der Waals surface area contributed by atoms with E-state index in [1.54, 1.807) is 25.6 Å². The van der Waals surface area contributed by atoms with Gasteiger partial charge in [0.2, 0.25) is 6.41 Å². The normalized spacial score (nSPS) is 12.0. The average molecular weight is 508 g/mol. The van der Waals surface area contributed by atoms with Gasteiger partial charge in [-0.2, -0.15) is 18.3 Å². The highest BCUT2D eigenvalue weighted by molar-refractivity contribution is 5.83. The number of aryl methyl sites for hydroxylation is 1. The van der Waals surface area contributed by atoms with Crippen LogP contribution in [0.15, 0.2) is 78.3 Å². The van der Waals surface area contributed by atoms with E-state index in [1.807, 2.05) is 49.4 Å². The summed E-state index contributed by atoms with van der Waals surface area (Å²) in [6.45, 7) is 1.38. The van der Waals surface area contributed by atoms with E-state index in [0.29, 0.717) is 23.0 Å². The maximum Gasteiger partial charge on any atom is 0.433 e. The number of carbonyl (C=O) groups is 1. The molecule has 1 aromatic carbocycles. The molecule has 0 aliphatic heterocycles. The van der Waals surface area contributed by atoms with E-state index >= 15 is 0 Å². The molecule has 0 bridgehead atoms. The van der Waals surface area contributed by atoms with Crippen LogP contribution in [0.25, 0.3) is 22.3 Å². The number of halogens is 3. The van der Waals surface area contributed by atoms with Crippen LogP contribution >= 0.6 is 0 Å². The molecule has 3 aromatic heterocycles. The van der Waals surface area contributed by atoms with Crippen molar-refractivity contribution in [1.29, 1.82) is 0 Å². The van der Waals surface area contributed by atoms with Crippen molar-refractivity contribution in [3.63, 3.8) is 0 Å². The molecule has 0 radical (unpaired) electrons. The van der Waals surface area contributed by atoms with Gasteiger partial charge in [0.15, 0.2) is 5.49 Å². The fourth-order valence-electron chi connectivity index (χ4n) is 3.93. The molecule has 0 aliphatic carbocycles. The van der Waals surface area contributed by atoms with E-state index in [0.717, 1.165) is 28.3 Å². The summed E-state index contributed by atoms with van der Waals surface area (Å²) in [4.78, 5) is 19.7. The second-order valence-corrected chi connectivity index (χ2v) is 8.42. The summed E-state index contributed by atoms with van der Waals surface area (Å²) < 4.78 is 40.5. The van der Waals surface area contributed by atoms with Crippen molar-refractivity contribution in [2.24, 2.45) is 5.10 Å². The number of aliphatic hydroxyl groups excluding tert-OH is 1. The lowest BCUT2D eigenvalue weighted by Crippen LogP contribution is -2.28. The molecular formula is C27H24F3N5O2. The molecule has 7 nitrogen and oxygen atoms in total. The maximum atomic E-state index is 13.1. The molecule has 0 aliphatic rings. The quantitative estimate of drug-likeness (QED) is 0.296. The van der Waals surface area contributed by atoms with Gasteiger partial charge in [-0.3, -0.25) is 19.4 Å². The Kier molecular flexibility index (Phi) is 7.49. The summed E-state index contributed by atoms with van der Waals surface area (Å²) in [5.74, 6) is 0. The summed E-state index contributed by atoms with van der Waals surface area (Å²) in [5.41, 5.74) is 3.84. The Morgan fingerprint density at radius 2 is 1.73 bits per heavy atom. The lowest BCUT2D eigenvalue weighted by Gasteiger charge is -2.18. The van der Waals surface area contributed by atoms with Gasteiger partial charge in [-0.05, 0) is 53.4 Å². The first-order valence-electron chi connectivity index (χ1n) is 11.3. The third-order valence-electron chi connectivity index (χ3n) is 5.76. The number of nitrogens with zero attached hydrogens (tertiary/aromatic N) is 5. The molecule has 4 rings (SSSR count). The van der Waals surface area contributed by atoms with Crippen molar-refractivity contribution in [2.75, 3.05) is 7.05 Å². The fraction of sp³-hybridized carbons (Fsp3) is 0.185. The summed E-state index contributed by atoms with van der Waals surface area (Å²) >= 11 is 0. The predicted molar refractivity (Wildman–Crippen MR) is 132 cm³/mol. The van der Waals surface area contributed by atoms with Gasteiger partial charge in [-0.15, -0.1) is 0 Å². The summed E-state index contributed by atoms with van der Waals surface area (Å²) in [7, 11) is 1.63. The number of carbonyl (C=O) groups excluding carboxylic acids is 1. The molecule has 0 unspecified atom stereocenters. The zero-order chi connectivity index (χ0) is 26.6. The minimum absolute atomic E-state index is 0.0461. The van der Waals surface area contributed by atoms with Crippen LogP contribution in [0.2, 0.25) is 0 Å². The first kappa shape index (κ1) is 25.8. The molecular weight excluding hydrogens is 483 g/mol. The number of rotatable bonds is 7. The van der Waals surface area contributed by atoms with Gasteiger partial charge in [0.25, 0.3) is 0 Å². The topological polar surface area (TPSA) is 83.6 Å². The molecule has 0 fully saturated rings. The molecule has 3 heterocycles. The molecule has 37 heavy (non-hydrogen) atoms. The Balaban J connectivity index is 1.86. The monoisotopic (exact) mass is 507 g/mol. The SMILES string of the molecule is Cc1ccc(-c2ccn(C=O)/c(=N\N(C)Cc3ccc(C(F)(F)F)nc3CO)c2-c2ccncc2)cc1. The van der Waals surface area contributed by atoms with Crippen LogP contribution in [0.3, 0.4) is 0 Å². The molecule has 4 aromatic rings. The van der Waals surface area contributed by atoms with Gasteiger partial charge in [-0.1, -0.05) is 35.9 Å². The lowest BCUT2D eigenvalue weighted by molar-refractivity contribution is -0.141. The Morgan fingerprint density at radius 1 is 1.03 bits per heavy atom. The first-order valence-corrected chi connectivity index (χ1v) is 11.3. The summed E-state index contributed by atoms with van der Waals surface area (Å²) in [6.07, 6.45) is 0.903. The van der Waals surface area contributed by atoms with Crippen molar-refractivity contribution in [3.8, 4) is 22.3 Å². The van der Waals surface area contributed by atoms with Gasteiger partial charge in [0.1, 0.15) is 5.69 Å². The van der Waals surface area contributed by atoms with E-state index in [9.17, 15) is 23.1 Å². The van der Waals surface area contributed by atoms with Gasteiger partial charge >= 0.3 is 6.18 Å². The Hall–Kier alpha value is -4.31. The van der Waals surface area contributed by atoms with Crippen LogP contribution < -0.4 is 5.49 Å². The van der Waals surface area contributed by atoms with Crippen molar-refractivity contribution in [2.45, 2.75) is 26.3 Å². The van der Waals surface area contributed by atoms with Gasteiger partial charge in [0, 0.05) is 31.2 Å². The lowest BCUT2D eigenvalue weighted by atomic mass is 9.96. The highest BCUT2D eigenvalue weighted by atomic mass is 19.4. The van der Waals surface area contributed by atoms with E-state index in [-0.39, 0.29) is 12.2 Å². The zero-order valence-electron chi connectivity index (χ0n) is 20.1. The molecule has 10 heteroatoms. The van der Waals surface area contributed by atoms with Crippen LogP contribution in [0.1, 0.15) is 22.5 Å². The maximum absolute atomic E-state index is 13.1. The minimum Gasteiger partial charge on any atom is -0.390 e. The number of alkyl halides is 3. The third-order valence-corrected chi connectivity index (χ3v) is 5.76. The van der Waals surface area contributed by atoms with Crippen LogP contribution in [-0.4, -0.2) is 38.1 Å². The molecule has 1 N–H and O–H groups in total. The number of hydrogen-bond acceptors (Lipinski definition) is 6. The fourth-order valence-corrected chi connectivity index (χ4v) is 3.93. The van der Waals surface area contributed by atoms with Gasteiger partial charge < -0.3 is 5.11 Å². The number of pyridine rings is 3. The van der Waals surface area contributed by atoms with Crippen LogP contribution in [-0.2, 0) is 24.1 Å². The highest BCUT2D eigenvalue weighted by Gasteiger charge is 2.33. The van der Waals surface area contributed by atoms with Crippen molar-refractivity contribution in [1.82, 2.24) is 19.5 Å². The number of aromatic nitrogens is 3. The number of aliphatic hydroxyl groups is 1. The van der Waals surface area contributed by atoms with Crippen molar-refractivity contribution >= 4 is 6.41 Å². The smallest absolute Gasteiger partial charge is 0.390 e. The first-order chi connectivity index (χ1) is 17.7. The second-order valence-electron chi connectivity index (χ2n) is 8.42. The largest absolute Gasteiger partial charge is 0.433 e.